The van der Waals surface area contributed by atoms with Crippen molar-refractivity contribution in [2.75, 3.05) is 26.4 Å². The molecule has 2 heterocycles. The lowest BCUT2D eigenvalue weighted by molar-refractivity contribution is 0.218. The minimum absolute atomic E-state index is 0.279. The van der Waals surface area contributed by atoms with Gasteiger partial charge in [0.25, 0.3) is 0 Å². The van der Waals surface area contributed by atoms with Gasteiger partial charge in [0.05, 0.1) is 38.8 Å². The number of benzene rings is 1. The number of hydrogen-bond acceptors (Lipinski definition) is 8. The normalized spacial score (nSPS) is 12.4. The van der Waals surface area contributed by atoms with Crippen LogP contribution < -0.4 is 0 Å². The lowest BCUT2D eigenvalue weighted by Gasteiger charge is -2.16. The molecule has 0 spiro atoms. The summed E-state index contributed by atoms with van der Waals surface area (Å²) in [7, 11) is -6.27. The summed E-state index contributed by atoms with van der Waals surface area (Å²) < 4.78 is 47.7. The molecule has 198 valence electrons. The van der Waals surface area contributed by atoms with Crippen molar-refractivity contribution < 1.29 is 27.2 Å². The molecule has 0 amide bonds. The Labute approximate surface area is 223 Å². The van der Waals surface area contributed by atoms with E-state index < -0.39 is 15.2 Å². The average molecular weight is 571 g/mol. The zero-order chi connectivity index (χ0) is 26.3. The van der Waals surface area contributed by atoms with Gasteiger partial charge in [0.2, 0.25) is 0 Å². The summed E-state index contributed by atoms with van der Waals surface area (Å²) in [6, 6.07) is 12.6. The van der Waals surface area contributed by atoms with Gasteiger partial charge in [0.1, 0.15) is 0 Å². The first-order valence-electron chi connectivity index (χ1n) is 12.2. The molecule has 0 aliphatic rings. The van der Waals surface area contributed by atoms with Gasteiger partial charge in [-0.15, -0.1) is 22.7 Å². The molecule has 0 atom stereocenters. The van der Waals surface area contributed by atoms with E-state index in [1.807, 2.05) is 39.8 Å². The van der Waals surface area contributed by atoms with Crippen molar-refractivity contribution in [3.05, 3.63) is 57.3 Å². The fraction of sp³-hybridized carbons (Fsp3) is 0.462. The Hall–Kier alpha value is -1.08. The molecule has 2 aromatic heterocycles. The van der Waals surface area contributed by atoms with Gasteiger partial charge in [-0.05, 0) is 100 Å². The van der Waals surface area contributed by atoms with Crippen LogP contribution in [-0.4, -0.2) is 26.4 Å². The smallest absolute Gasteiger partial charge is 0.309 e. The highest BCUT2D eigenvalue weighted by Gasteiger charge is 2.26. The van der Waals surface area contributed by atoms with E-state index in [1.54, 1.807) is 22.7 Å². The molecular weight excluding hydrogens is 534 g/mol. The first-order valence-corrected chi connectivity index (χ1v) is 17.3. The third-order valence-electron chi connectivity index (χ3n) is 5.43. The van der Waals surface area contributed by atoms with Gasteiger partial charge < -0.3 is 18.1 Å². The molecule has 1 aromatic carbocycles. The average Bonchev–Trinajstić information content (AvgIpc) is 3.45. The van der Waals surface area contributed by atoms with Gasteiger partial charge in [0, 0.05) is 19.5 Å². The molecule has 0 unspecified atom stereocenters. The number of aryl methyl sites for hydroxylation is 2. The molecule has 6 nitrogen and oxygen atoms in total. The van der Waals surface area contributed by atoms with Crippen LogP contribution in [-0.2, 0) is 39.5 Å². The topological polar surface area (TPSA) is 71.1 Å². The van der Waals surface area contributed by atoms with Crippen molar-refractivity contribution in [3.8, 4) is 20.9 Å². The third-order valence-corrected chi connectivity index (χ3v) is 12.2. The van der Waals surface area contributed by atoms with Gasteiger partial charge in [0.15, 0.2) is 0 Å². The third kappa shape index (κ3) is 7.49. The molecule has 3 rings (SSSR count). The number of thiophene rings is 2. The van der Waals surface area contributed by atoms with Crippen molar-refractivity contribution in [2.24, 2.45) is 0 Å². The van der Waals surface area contributed by atoms with Gasteiger partial charge in [-0.1, -0.05) is 0 Å². The molecule has 0 saturated heterocycles. The first kappa shape index (κ1) is 29.5. The van der Waals surface area contributed by atoms with Crippen molar-refractivity contribution in [3.63, 3.8) is 0 Å². The number of hydrogen-bond donors (Lipinski definition) is 0. The Balaban J connectivity index is 1.83. The SMILES string of the molecule is CCOP(=O)(Cc1ccc(-c2cc(C)c(-c3ccc(CP(=O)(OCC)OCC)s3)cc2C)s1)OCC. The zero-order valence-corrected chi connectivity index (χ0v) is 25.3. The summed E-state index contributed by atoms with van der Waals surface area (Å²) in [5.41, 5.74) is 4.63. The highest BCUT2D eigenvalue weighted by atomic mass is 32.1. The molecule has 0 aliphatic carbocycles. The van der Waals surface area contributed by atoms with Crippen molar-refractivity contribution in [2.45, 2.75) is 53.9 Å². The lowest BCUT2D eigenvalue weighted by Crippen LogP contribution is -1.97. The molecule has 0 radical (unpaired) electrons. The van der Waals surface area contributed by atoms with Crippen LogP contribution in [0.25, 0.3) is 20.9 Å². The van der Waals surface area contributed by atoms with Crippen LogP contribution in [0.15, 0.2) is 36.4 Å². The van der Waals surface area contributed by atoms with E-state index in [9.17, 15) is 9.13 Å². The summed E-state index contributed by atoms with van der Waals surface area (Å²) >= 11 is 3.24. The van der Waals surface area contributed by atoms with E-state index in [2.05, 4.69) is 38.1 Å². The second kappa shape index (κ2) is 13.1. The maximum atomic E-state index is 12.9. The highest BCUT2D eigenvalue weighted by molar-refractivity contribution is 7.53. The summed E-state index contributed by atoms with van der Waals surface area (Å²) in [6.45, 7) is 12.9. The van der Waals surface area contributed by atoms with Crippen molar-refractivity contribution >= 4 is 37.9 Å². The summed E-state index contributed by atoms with van der Waals surface area (Å²) in [4.78, 5) is 4.20. The molecule has 0 N–H and O–H groups in total. The Kier molecular flexibility index (Phi) is 10.7. The van der Waals surface area contributed by atoms with Crippen molar-refractivity contribution in [1.29, 1.82) is 0 Å². The summed E-state index contributed by atoms with van der Waals surface area (Å²) in [5.74, 6) is 0. The van der Waals surface area contributed by atoms with Gasteiger partial charge in [-0.2, -0.15) is 0 Å². The maximum Gasteiger partial charge on any atom is 0.335 e. The quantitative estimate of drug-likeness (QED) is 0.180. The van der Waals surface area contributed by atoms with Crippen LogP contribution in [0, 0.1) is 13.8 Å². The van der Waals surface area contributed by atoms with Crippen LogP contribution in [0.3, 0.4) is 0 Å². The van der Waals surface area contributed by atoms with E-state index in [-0.39, 0.29) is 12.3 Å². The van der Waals surface area contributed by atoms with Crippen LogP contribution in [0.5, 0.6) is 0 Å². The Morgan fingerprint density at radius 3 is 1.25 bits per heavy atom. The van der Waals surface area contributed by atoms with Crippen molar-refractivity contribution in [1.82, 2.24) is 0 Å². The van der Waals surface area contributed by atoms with E-state index in [0.29, 0.717) is 26.4 Å². The lowest BCUT2D eigenvalue weighted by atomic mass is 9.98. The Morgan fingerprint density at radius 2 is 0.944 bits per heavy atom. The van der Waals surface area contributed by atoms with E-state index in [0.717, 1.165) is 41.8 Å². The zero-order valence-electron chi connectivity index (χ0n) is 21.9. The molecule has 3 aromatic rings. The predicted octanol–water partition coefficient (Wildman–Crippen LogP) is 9.29. The van der Waals surface area contributed by atoms with E-state index >= 15 is 0 Å². The largest absolute Gasteiger partial charge is 0.335 e. The van der Waals surface area contributed by atoms with Crippen LogP contribution in [0.1, 0.15) is 48.6 Å². The maximum absolute atomic E-state index is 12.9. The molecular formula is C26H36O6P2S2. The minimum Gasteiger partial charge on any atom is -0.309 e. The van der Waals surface area contributed by atoms with Gasteiger partial charge in [-0.3, -0.25) is 9.13 Å². The van der Waals surface area contributed by atoms with Gasteiger partial charge in [-0.25, -0.2) is 0 Å². The van der Waals surface area contributed by atoms with E-state index in [1.165, 1.54) is 0 Å². The highest BCUT2D eigenvalue weighted by Crippen LogP contribution is 2.54. The second-order valence-electron chi connectivity index (χ2n) is 8.22. The Bertz CT molecular complexity index is 1130. The number of rotatable bonds is 14. The van der Waals surface area contributed by atoms with Gasteiger partial charge >= 0.3 is 15.2 Å². The standard InChI is InChI=1S/C26H36O6P2S2/c1-7-29-33(27,30-8-2)17-21-11-13-25(35-21)23-15-20(6)24(16-19(23)5)26-14-12-22(36-26)18-34(28,31-9-3)32-10-4/h11-16H,7-10,17-18H2,1-6H3. The fourth-order valence-corrected chi connectivity index (χ4v) is 10.3. The fourth-order valence-electron chi connectivity index (χ4n) is 3.99. The monoisotopic (exact) mass is 570 g/mol. The molecule has 0 saturated carbocycles. The van der Waals surface area contributed by atoms with Crippen LogP contribution in [0.2, 0.25) is 0 Å². The summed E-state index contributed by atoms with van der Waals surface area (Å²) in [6.07, 6.45) is 0.557. The second-order valence-corrected chi connectivity index (χ2v) is 14.7. The molecule has 0 fully saturated rings. The Morgan fingerprint density at radius 1 is 0.611 bits per heavy atom. The van der Waals surface area contributed by atoms with Crippen LogP contribution >= 0.6 is 37.9 Å². The predicted molar refractivity (Wildman–Crippen MR) is 152 cm³/mol. The first-order chi connectivity index (χ1) is 17.2. The van der Waals surface area contributed by atoms with Crippen LogP contribution in [0.4, 0.5) is 0 Å². The summed E-state index contributed by atoms with van der Waals surface area (Å²) in [5, 5.41) is 0. The van der Waals surface area contributed by atoms with E-state index in [4.69, 9.17) is 18.1 Å². The minimum atomic E-state index is -3.14. The molecule has 0 aliphatic heterocycles. The molecule has 10 heteroatoms. The molecule has 0 bridgehead atoms. The molecule has 36 heavy (non-hydrogen) atoms.